The van der Waals surface area contributed by atoms with Gasteiger partial charge in [-0.2, -0.15) is 5.26 Å². The zero-order chi connectivity index (χ0) is 22.4. The molecule has 2 aromatic carbocycles. The van der Waals surface area contributed by atoms with Crippen LogP contribution in [0.25, 0.3) is 0 Å². The Labute approximate surface area is 186 Å². The predicted molar refractivity (Wildman–Crippen MR) is 115 cm³/mol. The molecule has 1 heterocycles. The standard InChI is InChI=1S/C22H18BrF2N5O/c1-13(15-4-7-18(24)19(25)10-15)29-22(31)20-21(28-12-17(11-26)30-20)27-9-8-14-2-5-16(23)6-3-14/h2-7,10,12-13H,8-9H2,1H3,(H,27,28)(H,29,31). The van der Waals surface area contributed by atoms with Gasteiger partial charge < -0.3 is 10.6 Å². The Morgan fingerprint density at radius 3 is 2.61 bits per heavy atom. The molecule has 6 nitrogen and oxygen atoms in total. The summed E-state index contributed by atoms with van der Waals surface area (Å²) in [5.74, 6) is -2.33. The fourth-order valence-corrected chi connectivity index (χ4v) is 3.10. The maximum absolute atomic E-state index is 13.5. The Morgan fingerprint density at radius 2 is 1.94 bits per heavy atom. The number of hydrogen-bond donors (Lipinski definition) is 2. The van der Waals surface area contributed by atoms with Crippen molar-refractivity contribution in [2.75, 3.05) is 11.9 Å². The van der Waals surface area contributed by atoms with E-state index in [1.165, 1.54) is 12.3 Å². The molecule has 0 fully saturated rings. The van der Waals surface area contributed by atoms with Crippen LogP contribution in [0.15, 0.2) is 53.1 Å². The smallest absolute Gasteiger partial charge is 0.274 e. The van der Waals surface area contributed by atoms with Crippen molar-refractivity contribution < 1.29 is 13.6 Å². The number of hydrogen-bond acceptors (Lipinski definition) is 5. The molecule has 0 aliphatic heterocycles. The molecule has 31 heavy (non-hydrogen) atoms. The highest BCUT2D eigenvalue weighted by molar-refractivity contribution is 9.10. The Balaban J connectivity index is 1.73. The van der Waals surface area contributed by atoms with Crippen LogP contribution < -0.4 is 10.6 Å². The highest BCUT2D eigenvalue weighted by Crippen LogP contribution is 2.18. The molecular formula is C22H18BrF2N5O. The molecular weight excluding hydrogens is 468 g/mol. The van der Waals surface area contributed by atoms with Crippen molar-refractivity contribution in [2.45, 2.75) is 19.4 Å². The van der Waals surface area contributed by atoms with Crippen molar-refractivity contribution in [1.82, 2.24) is 15.3 Å². The minimum atomic E-state index is -1.000. The summed E-state index contributed by atoms with van der Waals surface area (Å²) >= 11 is 3.39. The Kier molecular flexibility index (Phi) is 7.26. The first-order valence-corrected chi connectivity index (χ1v) is 10.2. The van der Waals surface area contributed by atoms with Crippen molar-refractivity contribution in [3.05, 3.63) is 87.3 Å². The lowest BCUT2D eigenvalue weighted by Gasteiger charge is -2.16. The van der Waals surface area contributed by atoms with Crippen molar-refractivity contribution in [1.29, 1.82) is 5.26 Å². The van der Waals surface area contributed by atoms with Gasteiger partial charge in [0.15, 0.2) is 28.8 Å². The van der Waals surface area contributed by atoms with Crippen LogP contribution in [0.1, 0.15) is 40.3 Å². The third kappa shape index (κ3) is 5.83. The molecule has 0 bridgehead atoms. The number of amides is 1. The summed E-state index contributed by atoms with van der Waals surface area (Å²) in [5, 5.41) is 14.9. The monoisotopic (exact) mass is 485 g/mol. The second kappa shape index (κ2) is 10.1. The fraction of sp³-hybridized carbons (Fsp3) is 0.182. The molecule has 3 aromatic rings. The van der Waals surface area contributed by atoms with E-state index in [0.717, 1.165) is 22.2 Å². The Bertz CT molecular complexity index is 1130. The number of nitrogens with one attached hydrogen (secondary N) is 2. The van der Waals surface area contributed by atoms with Gasteiger partial charge >= 0.3 is 0 Å². The molecule has 0 spiro atoms. The molecule has 9 heteroatoms. The molecule has 3 rings (SSSR count). The number of halogens is 3. The van der Waals surface area contributed by atoms with E-state index in [9.17, 15) is 13.6 Å². The summed E-state index contributed by atoms with van der Waals surface area (Å²) in [7, 11) is 0. The molecule has 1 unspecified atom stereocenters. The highest BCUT2D eigenvalue weighted by Gasteiger charge is 2.19. The van der Waals surface area contributed by atoms with Gasteiger partial charge in [-0.25, -0.2) is 18.7 Å². The molecule has 0 aliphatic rings. The lowest BCUT2D eigenvalue weighted by Crippen LogP contribution is -2.29. The molecule has 2 N–H and O–H groups in total. The van der Waals surface area contributed by atoms with E-state index in [4.69, 9.17) is 5.26 Å². The SMILES string of the molecule is CC(NC(=O)c1nc(C#N)cnc1NCCc1ccc(Br)cc1)c1ccc(F)c(F)c1. The van der Waals surface area contributed by atoms with E-state index in [0.29, 0.717) is 18.5 Å². The van der Waals surface area contributed by atoms with Gasteiger partial charge in [0.25, 0.3) is 5.91 Å². The first-order chi connectivity index (χ1) is 14.9. The summed E-state index contributed by atoms with van der Waals surface area (Å²) in [6.45, 7) is 2.12. The normalized spacial score (nSPS) is 11.5. The number of benzene rings is 2. The number of nitriles is 1. The molecule has 158 valence electrons. The predicted octanol–water partition coefficient (Wildman–Crippen LogP) is 4.53. The van der Waals surface area contributed by atoms with Crippen molar-refractivity contribution in [3.63, 3.8) is 0 Å². The van der Waals surface area contributed by atoms with Gasteiger partial charge in [0, 0.05) is 11.0 Å². The van der Waals surface area contributed by atoms with E-state index in [-0.39, 0.29) is 17.2 Å². The summed E-state index contributed by atoms with van der Waals surface area (Å²) in [6.07, 6.45) is 1.96. The third-order valence-electron chi connectivity index (χ3n) is 4.51. The average molecular weight is 486 g/mol. The van der Waals surface area contributed by atoms with Crippen LogP contribution >= 0.6 is 15.9 Å². The van der Waals surface area contributed by atoms with Crippen LogP contribution in [0.3, 0.4) is 0 Å². The van der Waals surface area contributed by atoms with Crippen LogP contribution in [0.2, 0.25) is 0 Å². The van der Waals surface area contributed by atoms with E-state index in [2.05, 4.69) is 36.5 Å². The molecule has 0 radical (unpaired) electrons. The maximum atomic E-state index is 13.5. The average Bonchev–Trinajstić information content (AvgIpc) is 2.77. The summed E-state index contributed by atoms with van der Waals surface area (Å²) < 4.78 is 27.7. The van der Waals surface area contributed by atoms with E-state index in [1.807, 2.05) is 30.3 Å². The van der Waals surface area contributed by atoms with Crippen LogP contribution in [0.5, 0.6) is 0 Å². The third-order valence-corrected chi connectivity index (χ3v) is 5.04. The lowest BCUT2D eigenvalue weighted by molar-refractivity contribution is 0.0935. The van der Waals surface area contributed by atoms with Crippen molar-refractivity contribution in [3.8, 4) is 6.07 Å². The second-order valence-corrected chi connectivity index (χ2v) is 7.65. The first kappa shape index (κ1) is 22.3. The number of nitrogens with zero attached hydrogens (tertiary/aromatic N) is 3. The summed E-state index contributed by atoms with van der Waals surface area (Å²) in [4.78, 5) is 21.0. The van der Waals surface area contributed by atoms with Gasteiger partial charge in [-0.3, -0.25) is 4.79 Å². The molecule has 1 aromatic heterocycles. The van der Waals surface area contributed by atoms with Gasteiger partial charge in [0.05, 0.1) is 12.2 Å². The van der Waals surface area contributed by atoms with E-state index < -0.39 is 23.6 Å². The van der Waals surface area contributed by atoms with Crippen LogP contribution in [0.4, 0.5) is 14.6 Å². The van der Waals surface area contributed by atoms with E-state index >= 15 is 0 Å². The van der Waals surface area contributed by atoms with Crippen LogP contribution in [-0.4, -0.2) is 22.4 Å². The zero-order valence-corrected chi connectivity index (χ0v) is 18.1. The molecule has 0 aliphatic carbocycles. The number of carbonyl (C=O) groups excluding carboxylic acids is 1. The number of aromatic nitrogens is 2. The molecule has 0 saturated carbocycles. The molecule has 1 atom stereocenters. The number of rotatable bonds is 7. The Hall–Kier alpha value is -3.38. The summed E-state index contributed by atoms with van der Waals surface area (Å²) in [6, 6.07) is 12.5. The lowest BCUT2D eigenvalue weighted by atomic mass is 10.1. The molecule has 0 saturated heterocycles. The minimum Gasteiger partial charge on any atom is -0.368 e. The van der Waals surface area contributed by atoms with Crippen LogP contribution in [-0.2, 0) is 6.42 Å². The van der Waals surface area contributed by atoms with Crippen LogP contribution in [0, 0.1) is 23.0 Å². The van der Waals surface area contributed by atoms with Crippen molar-refractivity contribution in [2.24, 2.45) is 0 Å². The highest BCUT2D eigenvalue weighted by atomic mass is 79.9. The maximum Gasteiger partial charge on any atom is 0.274 e. The van der Waals surface area contributed by atoms with Gasteiger partial charge in [0.2, 0.25) is 0 Å². The number of anilines is 1. The minimum absolute atomic E-state index is 0.0101. The number of carbonyl (C=O) groups is 1. The van der Waals surface area contributed by atoms with Gasteiger partial charge in [-0.05, 0) is 48.7 Å². The first-order valence-electron chi connectivity index (χ1n) is 9.38. The fourth-order valence-electron chi connectivity index (χ4n) is 2.84. The molecule has 1 amide bonds. The van der Waals surface area contributed by atoms with Crippen molar-refractivity contribution >= 4 is 27.7 Å². The van der Waals surface area contributed by atoms with E-state index in [1.54, 1.807) is 6.92 Å². The Morgan fingerprint density at radius 1 is 1.19 bits per heavy atom. The quantitative estimate of drug-likeness (QED) is 0.512. The topological polar surface area (TPSA) is 90.7 Å². The largest absolute Gasteiger partial charge is 0.368 e. The van der Waals surface area contributed by atoms with Gasteiger partial charge in [0.1, 0.15) is 6.07 Å². The second-order valence-electron chi connectivity index (χ2n) is 6.74. The zero-order valence-electron chi connectivity index (χ0n) is 16.5. The van der Waals surface area contributed by atoms with Gasteiger partial charge in [-0.15, -0.1) is 0 Å². The van der Waals surface area contributed by atoms with Gasteiger partial charge in [-0.1, -0.05) is 34.1 Å². The summed E-state index contributed by atoms with van der Waals surface area (Å²) in [5.41, 5.74) is 1.42.